The van der Waals surface area contributed by atoms with Gasteiger partial charge >= 0.3 is 0 Å². The molecule has 0 radical (unpaired) electrons. The van der Waals surface area contributed by atoms with E-state index in [0.29, 0.717) is 18.4 Å². The van der Waals surface area contributed by atoms with Gasteiger partial charge in [0.1, 0.15) is 6.17 Å². The number of halogens is 1. The zero-order valence-electron chi connectivity index (χ0n) is 9.75. The second-order valence-electron chi connectivity index (χ2n) is 5.12. The van der Waals surface area contributed by atoms with Crippen molar-refractivity contribution in [3.05, 3.63) is 0 Å². The van der Waals surface area contributed by atoms with Crippen LogP contribution in [0, 0.1) is 17.3 Å². The maximum absolute atomic E-state index is 12.8. The van der Waals surface area contributed by atoms with E-state index in [4.69, 9.17) is 5.11 Å². The van der Waals surface area contributed by atoms with Gasteiger partial charge in [-0.05, 0) is 12.8 Å². The Morgan fingerprint density at radius 2 is 1.75 bits per heavy atom. The first-order chi connectivity index (χ1) is 7.24. The van der Waals surface area contributed by atoms with Crippen LogP contribution in [0.5, 0.6) is 0 Å². The number of hydrogen-bond acceptors (Lipinski definition) is 2. The van der Waals surface area contributed by atoms with E-state index in [1.165, 1.54) is 0 Å². The lowest BCUT2D eigenvalue weighted by molar-refractivity contribution is 0.149. The standard InChI is InChI=1S/C10H16FNO.C2H6.CH4/c11-9-7-3-12(4-8(7)9)5-10(6-13)1-2-10;1-2;/h7-9,13H,1-6H2;1-2H3;1H4/t7-,8+,9?;;. The number of likely N-dealkylation sites (tertiary alicyclic amines) is 1. The largest absolute Gasteiger partial charge is 0.396 e. The third-order valence-electron chi connectivity index (χ3n) is 4.02. The van der Waals surface area contributed by atoms with Gasteiger partial charge < -0.3 is 10.0 Å². The van der Waals surface area contributed by atoms with Crippen LogP contribution >= 0.6 is 0 Å². The van der Waals surface area contributed by atoms with Crippen LogP contribution in [0.15, 0.2) is 0 Å². The van der Waals surface area contributed by atoms with Gasteiger partial charge in [-0.3, -0.25) is 0 Å². The van der Waals surface area contributed by atoms with Crippen LogP contribution in [0.3, 0.4) is 0 Å². The van der Waals surface area contributed by atoms with Crippen LogP contribution in [-0.4, -0.2) is 42.4 Å². The van der Waals surface area contributed by atoms with Crippen LogP contribution in [0.4, 0.5) is 4.39 Å². The molecule has 3 rings (SSSR count). The van der Waals surface area contributed by atoms with E-state index >= 15 is 0 Å². The molecule has 16 heavy (non-hydrogen) atoms. The van der Waals surface area contributed by atoms with Crippen molar-refractivity contribution in [1.29, 1.82) is 0 Å². The van der Waals surface area contributed by atoms with Gasteiger partial charge in [0, 0.05) is 43.5 Å². The van der Waals surface area contributed by atoms with Crippen molar-refractivity contribution < 1.29 is 9.50 Å². The van der Waals surface area contributed by atoms with Crippen LogP contribution < -0.4 is 0 Å². The van der Waals surface area contributed by atoms with Crippen LogP contribution in [0.2, 0.25) is 0 Å². The Kier molecular flexibility index (Phi) is 4.35. The van der Waals surface area contributed by atoms with Crippen molar-refractivity contribution in [2.75, 3.05) is 26.2 Å². The highest BCUT2D eigenvalue weighted by atomic mass is 19.1. The van der Waals surface area contributed by atoms with Gasteiger partial charge in [0.05, 0.1) is 0 Å². The molecular formula is C13H26FNO. The highest BCUT2D eigenvalue weighted by Gasteiger charge is 2.58. The number of aliphatic hydroxyl groups is 1. The van der Waals surface area contributed by atoms with Gasteiger partial charge in [-0.1, -0.05) is 21.3 Å². The molecule has 1 N–H and O–H groups in total. The predicted octanol–water partition coefficient (Wildman–Crippen LogP) is 2.32. The number of aliphatic hydroxyl groups excluding tert-OH is 1. The molecule has 1 saturated heterocycles. The second-order valence-corrected chi connectivity index (χ2v) is 5.12. The summed E-state index contributed by atoms with van der Waals surface area (Å²) in [6.45, 7) is 7.20. The first-order valence-electron chi connectivity index (χ1n) is 6.21. The maximum atomic E-state index is 12.8. The molecule has 1 heterocycles. The van der Waals surface area contributed by atoms with E-state index in [2.05, 4.69) is 4.90 Å². The van der Waals surface area contributed by atoms with Crippen molar-refractivity contribution in [3.8, 4) is 0 Å². The smallest absolute Gasteiger partial charge is 0.109 e. The zero-order chi connectivity index (χ0) is 11.1. The number of rotatable bonds is 3. The maximum Gasteiger partial charge on any atom is 0.109 e. The van der Waals surface area contributed by atoms with Crippen molar-refractivity contribution in [1.82, 2.24) is 4.90 Å². The van der Waals surface area contributed by atoms with Crippen LogP contribution in [-0.2, 0) is 0 Å². The number of hydrogen-bond donors (Lipinski definition) is 1. The molecule has 0 aromatic carbocycles. The molecule has 2 nitrogen and oxygen atoms in total. The minimum atomic E-state index is -0.500. The number of piperidine rings is 1. The van der Waals surface area contributed by atoms with Crippen LogP contribution in [0.1, 0.15) is 34.1 Å². The molecule has 3 fully saturated rings. The van der Waals surface area contributed by atoms with Gasteiger partial charge in [0.25, 0.3) is 0 Å². The topological polar surface area (TPSA) is 23.5 Å². The summed E-state index contributed by atoms with van der Waals surface area (Å²) in [6.07, 6.45) is 1.82. The monoisotopic (exact) mass is 231 g/mol. The summed E-state index contributed by atoms with van der Waals surface area (Å²) in [5, 5.41) is 9.15. The highest BCUT2D eigenvalue weighted by Crippen LogP contribution is 2.51. The molecular weight excluding hydrogens is 205 g/mol. The Labute approximate surface area is 98.8 Å². The Morgan fingerprint density at radius 3 is 2.12 bits per heavy atom. The lowest BCUT2D eigenvalue weighted by atomic mass is 10.1. The molecule has 0 spiro atoms. The van der Waals surface area contributed by atoms with Gasteiger partial charge in [-0.25, -0.2) is 4.39 Å². The Balaban J connectivity index is 0.000000406. The molecule has 0 aromatic rings. The first-order valence-corrected chi connectivity index (χ1v) is 6.21. The molecule has 0 bridgehead atoms. The van der Waals surface area contributed by atoms with Crippen molar-refractivity contribution in [2.45, 2.75) is 40.3 Å². The lowest BCUT2D eigenvalue weighted by Gasteiger charge is -2.23. The fourth-order valence-corrected chi connectivity index (χ4v) is 2.69. The summed E-state index contributed by atoms with van der Waals surface area (Å²) in [4.78, 5) is 2.34. The minimum absolute atomic E-state index is 0. The summed E-state index contributed by atoms with van der Waals surface area (Å²) in [5.41, 5.74) is 0.211. The van der Waals surface area contributed by atoms with Gasteiger partial charge in [-0.2, -0.15) is 0 Å². The van der Waals surface area contributed by atoms with Crippen molar-refractivity contribution >= 4 is 0 Å². The molecule has 96 valence electrons. The van der Waals surface area contributed by atoms with Gasteiger partial charge in [0.2, 0.25) is 0 Å². The molecule has 2 aliphatic carbocycles. The second kappa shape index (κ2) is 5.01. The molecule has 0 amide bonds. The third-order valence-corrected chi connectivity index (χ3v) is 4.02. The van der Waals surface area contributed by atoms with E-state index < -0.39 is 6.17 Å². The molecule has 3 atom stereocenters. The first kappa shape index (κ1) is 13.9. The van der Waals surface area contributed by atoms with E-state index in [9.17, 15) is 4.39 Å². The number of nitrogens with zero attached hydrogens (tertiary/aromatic N) is 1. The lowest BCUT2D eigenvalue weighted by Crippen LogP contribution is -2.32. The molecule has 1 aliphatic heterocycles. The predicted molar refractivity (Wildman–Crippen MR) is 65.1 cm³/mol. The van der Waals surface area contributed by atoms with E-state index in [1.807, 2.05) is 13.8 Å². The SMILES string of the molecule is C.CC.OCC1(CN2C[C@@H]3C(F)[C@@H]3C2)CC1. The number of alkyl halides is 1. The van der Waals surface area contributed by atoms with Crippen molar-refractivity contribution in [3.63, 3.8) is 0 Å². The molecule has 0 aromatic heterocycles. The summed E-state index contributed by atoms with van der Waals surface area (Å²) in [6, 6.07) is 0. The summed E-state index contributed by atoms with van der Waals surface area (Å²) < 4.78 is 12.8. The summed E-state index contributed by atoms with van der Waals surface area (Å²) in [7, 11) is 0. The Morgan fingerprint density at radius 1 is 1.25 bits per heavy atom. The minimum Gasteiger partial charge on any atom is -0.396 e. The Bertz CT molecular complexity index is 218. The number of fused-ring (bicyclic) bond motifs is 1. The summed E-state index contributed by atoms with van der Waals surface area (Å²) in [5.74, 6) is 0.684. The molecule has 1 unspecified atom stereocenters. The van der Waals surface area contributed by atoms with Gasteiger partial charge in [-0.15, -0.1) is 0 Å². The van der Waals surface area contributed by atoms with E-state index in [-0.39, 0.29) is 12.8 Å². The highest BCUT2D eigenvalue weighted by molar-refractivity contribution is 5.08. The molecule has 2 saturated carbocycles. The third kappa shape index (κ3) is 2.40. The quantitative estimate of drug-likeness (QED) is 0.806. The van der Waals surface area contributed by atoms with Crippen LogP contribution in [0.25, 0.3) is 0 Å². The molecule has 3 heteroatoms. The molecule has 3 aliphatic rings. The van der Waals surface area contributed by atoms with E-state index in [1.54, 1.807) is 0 Å². The average molecular weight is 231 g/mol. The van der Waals surface area contributed by atoms with E-state index in [0.717, 1.165) is 32.5 Å². The Hall–Kier alpha value is -0.150. The summed E-state index contributed by atoms with van der Waals surface area (Å²) >= 11 is 0. The fraction of sp³-hybridized carbons (Fsp3) is 1.00. The average Bonchev–Trinajstić information content (AvgIpc) is 3.10. The van der Waals surface area contributed by atoms with Crippen molar-refractivity contribution in [2.24, 2.45) is 17.3 Å². The normalized spacial score (nSPS) is 37.9. The van der Waals surface area contributed by atoms with Gasteiger partial charge in [0.15, 0.2) is 0 Å². The fourth-order valence-electron chi connectivity index (χ4n) is 2.69. The zero-order valence-corrected chi connectivity index (χ0v) is 9.75.